The minimum absolute atomic E-state index is 0.0442. The van der Waals surface area contributed by atoms with Gasteiger partial charge in [-0.3, -0.25) is 14.3 Å². The van der Waals surface area contributed by atoms with Crippen molar-refractivity contribution in [2.24, 2.45) is 7.05 Å². The number of carbonyl (C=O) groups excluding carboxylic acids is 2. The van der Waals surface area contributed by atoms with Crippen LogP contribution in [0.1, 0.15) is 35.2 Å². The van der Waals surface area contributed by atoms with E-state index in [1.54, 1.807) is 24.9 Å². The summed E-state index contributed by atoms with van der Waals surface area (Å²) in [5, 5.41) is 14.1. The summed E-state index contributed by atoms with van der Waals surface area (Å²) < 4.78 is 6.75. The van der Waals surface area contributed by atoms with Gasteiger partial charge in [-0.2, -0.15) is 5.10 Å². The van der Waals surface area contributed by atoms with E-state index in [0.717, 1.165) is 17.0 Å². The minimum Gasteiger partial charge on any atom is -0.360 e. The van der Waals surface area contributed by atoms with Gasteiger partial charge in [0.2, 0.25) is 11.8 Å². The third kappa shape index (κ3) is 3.34. The Balaban J connectivity index is 1.71. The van der Waals surface area contributed by atoms with E-state index in [9.17, 15) is 9.59 Å². The van der Waals surface area contributed by atoms with Crippen LogP contribution < -0.4 is 10.6 Å². The second-order valence-corrected chi connectivity index (χ2v) is 6.72. The topological polar surface area (TPSA) is 105 Å². The molecule has 2 aromatic rings. The van der Waals surface area contributed by atoms with E-state index >= 15 is 0 Å². The molecule has 140 valence electrons. The number of likely N-dealkylation sites (N-methyl/N-ethyl adjacent to an activating group) is 1. The number of likely N-dealkylation sites (tertiary alicyclic amines) is 1. The molecule has 2 amide bonds. The Hall–Kier alpha value is -2.68. The Bertz CT molecular complexity index is 840. The second-order valence-electron chi connectivity index (χ2n) is 6.72. The number of nitrogens with zero attached hydrogens (tertiary/aromatic N) is 4. The molecule has 0 radical (unpaired) electrons. The van der Waals surface area contributed by atoms with Crippen molar-refractivity contribution < 1.29 is 14.1 Å². The Kier molecular flexibility index (Phi) is 4.82. The highest BCUT2D eigenvalue weighted by Gasteiger charge is 2.41. The second kappa shape index (κ2) is 6.91. The zero-order chi connectivity index (χ0) is 19.0. The molecular formula is C17H24N6O3. The minimum atomic E-state index is -0.237. The van der Waals surface area contributed by atoms with Crippen molar-refractivity contribution in [2.45, 2.75) is 39.3 Å². The lowest BCUT2D eigenvalue weighted by Crippen LogP contribution is -2.40. The van der Waals surface area contributed by atoms with Gasteiger partial charge in [0.1, 0.15) is 5.76 Å². The van der Waals surface area contributed by atoms with Gasteiger partial charge in [0.05, 0.1) is 18.3 Å². The Morgan fingerprint density at radius 3 is 2.65 bits per heavy atom. The van der Waals surface area contributed by atoms with Gasteiger partial charge in [0.25, 0.3) is 0 Å². The summed E-state index contributed by atoms with van der Waals surface area (Å²) in [5.74, 6) is 0.810. The molecule has 0 unspecified atom stereocenters. The standard InChI is InChI=1S/C17H24N6O3/c1-9-6-13(21-26-9)19-14(24)8-18-12-7-15(25)22(4)17(12)16-10(2)20-23(5)11(16)3/h6,12,17-18H,7-8H2,1-5H3,(H,19,21,24)/t12-,17-/m1/s1. The van der Waals surface area contributed by atoms with Crippen LogP contribution in [-0.4, -0.2) is 51.3 Å². The van der Waals surface area contributed by atoms with Crippen LogP contribution in [0.2, 0.25) is 0 Å². The van der Waals surface area contributed by atoms with E-state index in [2.05, 4.69) is 20.9 Å². The van der Waals surface area contributed by atoms with E-state index < -0.39 is 0 Å². The first-order valence-electron chi connectivity index (χ1n) is 8.50. The van der Waals surface area contributed by atoms with Gasteiger partial charge >= 0.3 is 0 Å². The maximum atomic E-state index is 12.3. The first kappa shape index (κ1) is 18.1. The number of rotatable bonds is 5. The molecule has 26 heavy (non-hydrogen) atoms. The highest BCUT2D eigenvalue weighted by Crippen LogP contribution is 2.35. The molecule has 9 heteroatoms. The monoisotopic (exact) mass is 360 g/mol. The van der Waals surface area contributed by atoms with Crippen LogP contribution >= 0.6 is 0 Å². The van der Waals surface area contributed by atoms with Crippen molar-refractivity contribution in [3.05, 3.63) is 28.8 Å². The molecule has 1 aliphatic rings. The molecule has 2 atom stereocenters. The van der Waals surface area contributed by atoms with Gasteiger partial charge in [-0.25, -0.2) is 0 Å². The molecule has 2 N–H and O–H groups in total. The van der Waals surface area contributed by atoms with Crippen molar-refractivity contribution in [3.8, 4) is 0 Å². The number of carbonyl (C=O) groups is 2. The smallest absolute Gasteiger partial charge is 0.239 e. The molecule has 2 aromatic heterocycles. The van der Waals surface area contributed by atoms with Gasteiger partial charge in [-0.1, -0.05) is 5.16 Å². The number of anilines is 1. The molecule has 3 heterocycles. The highest BCUT2D eigenvalue weighted by atomic mass is 16.5. The van der Waals surface area contributed by atoms with E-state index in [0.29, 0.717) is 18.0 Å². The summed E-state index contributed by atoms with van der Waals surface area (Å²) in [5.41, 5.74) is 2.94. The SMILES string of the molecule is Cc1cc(NC(=O)CN[C@@H]2CC(=O)N(C)[C@H]2c2c(C)nn(C)c2C)no1. The van der Waals surface area contributed by atoms with Crippen LogP contribution in [0.5, 0.6) is 0 Å². The predicted molar refractivity (Wildman–Crippen MR) is 94.5 cm³/mol. The van der Waals surface area contributed by atoms with Gasteiger partial charge in [0, 0.05) is 43.9 Å². The van der Waals surface area contributed by atoms with Crippen LogP contribution in [0.4, 0.5) is 5.82 Å². The quantitative estimate of drug-likeness (QED) is 0.818. The number of aromatic nitrogens is 3. The predicted octanol–water partition coefficient (Wildman–Crippen LogP) is 0.833. The zero-order valence-electron chi connectivity index (χ0n) is 15.7. The van der Waals surface area contributed by atoms with E-state index in [-0.39, 0.29) is 30.4 Å². The zero-order valence-corrected chi connectivity index (χ0v) is 15.7. The highest BCUT2D eigenvalue weighted by molar-refractivity contribution is 5.91. The molecule has 0 saturated carbocycles. The number of aryl methyl sites for hydroxylation is 3. The number of amides is 2. The fourth-order valence-corrected chi connectivity index (χ4v) is 3.50. The van der Waals surface area contributed by atoms with Gasteiger partial charge < -0.3 is 20.1 Å². The van der Waals surface area contributed by atoms with Crippen LogP contribution in [-0.2, 0) is 16.6 Å². The van der Waals surface area contributed by atoms with Crippen LogP contribution in [0.25, 0.3) is 0 Å². The molecule has 0 aromatic carbocycles. The normalized spacial score (nSPS) is 20.0. The van der Waals surface area contributed by atoms with Crippen molar-refractivity contribution in [3.63, 3.8) is 0 Å². The molecule has 1 aliphatic heterocycles. The van der Waals surface area contributed by atoms with Gasteiger partial charge in [-0.05, 0) is 20.8 Å². The summed E-state index contributed by atoms with van der Waals surface area (Å²) in [6, 6.07) is 1.33. The lowest BCUT2D eigenvalue weighted by Gasteiger charge is -2.26. The van der Waals surface area contributed by atoms with E-state index in [4.69, 9.17) is 4.52 Å². The Labute approximate surface area is 151 Å². The van der Waals surface area contributed by atoms with Crippen LogP contribution in [0, 0.1) is 20.8 Å². The Morgan fingerprint density at radius 1 is 1.35 bits per heavy atom. The maximum absolute atomic E-state index is 12.3. The lowest BCUT2D eigenvalue weighted by molar-refractivity contribution is -0.127. The van der Waals surface area contributed by atoms with Crippen LogP contribution in [0.15, 0.2) is 10.6 Å². The lowest BCUT2D eigenvalue weighted by atomic mass is 9.98. The number of hydrogen-bond acceptors (Lipinski definition) is 6. The third-order valence-corrected chi connectivity index (χ3v) is 4.87. The van der Waals surface area contributed by atoms with Crippen molar-refractivity contribution in [1.82, 2.24) is 25.2 Å². The molecule has 9 nitrogen and oxygen atoms in total. The third-order valence-electron chi connectivity index (χ3n) is 4.87. The summed E-state index contributed by atoms with van der Waals surface area (Å²) >= 11 is 0. The maximum Gasteiger partial charge on any atom is 0.239 e. The number of nitrogens with one attached hydrogen (secondary N) is 2. The summed E-state index contributed by atoms with van der Waals surface area (Å²) in [4.78, 5) is 26.2. The molecule has 1 fully saturated rings. The largest absolute Gasteiger partial charge is 0.360 e. The number of hydrogen-bond donors (Lipinski definition) is 2. The average Bonchev–Trinajstić information content (AvgIpc) is 3.17. The van der Waals surface area contributed by atoms with Crippen molar-refractivity contribution >= 4 is 17.6 Å². The fourth-order valence-electron chi connectivity index (χ4n) is 3.50. The van der Waals surface area contributed by atoms with Crippen molar-refractivity contribution in [2.75, 3.05) is 18.9 Å². The molecule has 0 aliphatic carbocycles. The molecule has 3 rings (SSSR count). The van der Waals surface area contributed by atoms with Gasteiger partial charge in [0.15, 0.2) is 5.82 Å². The Morgan fingerprint density at radius 2 is 2.08 bits per heavy atom. The van der Waals surface area contributed by atoms with Gasteiger partial charge in [-0.15, -0.1) is 0 Å². The fraction of sp³-hybridized carbons (Fsp3) is 0.529. The first-order chi connectivity index (χ1) is 12.3. The van der Waals surface area contributed by atoms with Crippen molar-refractivity contribution in [1.29, 1.82) is 0 Å². The molecule has 0 bridgehead atoms. The van der Waals surface area contributed by atoms with Crippen LogP contribution in [0.3, 0.4) is 0 Å². The summed E-state index contributed by atoms with van der Waals surface area (Å²) in [7, 11) is 3.68. The molecule has 0 spiro atoms. The average molecular weight is 360 g/mol. The summed E-state index contributed by atoms with van der Waals surface area (Å²) in [6.45, 7) is 5.76. The van der Waals surface area contributed by atoms with E-state index in [1.807, 2.05) is 25.6 Å². The molecular weight excluding hydrogens is 336 g/mol. The summed E-state index contributed by atoms with van der Waals surface area (Å²) in [6.07, 6.45) is 0.339. The molecule has 1 saturated heterocycles. The van der Waals surface area contributed by atoms with E-state index in [1.165, 1.54) is 0 Å². The first-order valence-corrected chi connectivity index (χ1v) is 8.50.